The molecule has 0 unspecified atom stereocenters. The fourth-order valence-corrected chi connectivity index (χ4v) is 0.951. The fraction of sp³-hybridized carbons (Fsp3) is 0.200. The van der Waals surface area contributed by atoms with Crippen LogP contribution in [-0.2, 0) is 6.42 Å². The largest absolute Gasteiger partial charge is 0.504 e. The molecule has 0 amide bonds. The molecule has 1 N–H and O–H groups in total. The molecule has 1 aromatic carbocycles. The quantitative estimate of drug-likeness (QED) is 0.695. The summed E-state index contributed by atoms with van der Waals surface area (Å²) in [6, 6.07) is 3.38. The average Bonchev–Trinajstić information content (AvgIpc) is 2.11. The fourth-order valence-electron chi connectivity index (χ4n) is 0.951. The molecule has 0 heterocycles. The van der Waals surface area contributed by atoms with Crippen molar-refractivity contribution in [3.05, 3.63) is 36.4 Å². The second-order valence-corrected chi connectivity index (χ2v) is 2.42. The van der Waals surface area contributed by atoms with Crippen molar-refractivity contribution < 1.29 is 11.2 Å². The van der Waals surface area contributed by atoms with Gasteiger partial charge in [-0.15, -0.1) is 6.58 Å². The molecule has 1 aromatic rings. The summed E-state index contributed by atoms with van der Waals surface area (Å²) in [5.74, 6) is 0.222. The van der Waals surface area contributed by atoms with E-state index in [1.54, 1.807) is 18.2 Å². The van der Waals surface area contributed by atoms with E-state index in [1.807, 2.05) is 0 Å². The first-order valence-corrected chi connectivity index (χ1v) is 3.66. The van der Waals surface area contributed by atoms with Gasteiger partial charge in [-0.05, 0) is 24.1 Å². The second-order valence-electron chi connectivity index (χ2n) is 2.42. The minimum Gasteiger partial charge on any atom is -0.504 e. The molecule has 0 aliphatic carbocycles. The van der Waals surface area contributed by atoms with Gasteiger partial charge in [0.2, 0.25) is 0 Å². The molecule has 64 valence electrons. The zero-order chi connectivity index (χ0) is 9.84. The van der Waals surface area contributed by atoms with Gasteiger partial charge in [-0.25, -0.2) is 0 Å². The summed E-state index contributed by atoms with van der Waals surface area (Å²) >= 11 is 0. The number of rotatable bonds is 3. The number of ether oxygens (including phenoxy) is 1. The lowest BCUT2D eigenvalue weighted by atomic mass is 10.1. The Labute approximate surface area is 73.5 Å². The Bertz CT molecular complexity index is 321. The Hall–Kier alpha value is -1.44. The molecule has 0 saturated carbocycles. The van der Waals surface area contributed by atoms with E-state index in [4.69, 9.17) is 6.11 Å². The van der Waals surface area contributed by atoms with Crippen LogP contribution in [0.1, 0.15) is 6.93 Å². The lowest BCUT2D eigenvalue weighted by Crippen LogP contribution is -1.86. The molecule has 0 saturated heterocycles. The highest BCUT2D eigenvalue weighted by Gasteiger charge is 2.00. The highest BCUT2D eigenvalue weighted by molar-refractivity contribution is 5.42. The predicted octanol–water partition coefficient (Wildman–Crippen LogP) is 2.13. The average molecular weight is 165 g/mol. The SMILES string of the molecule is [2H]c1cc(CC=C)cc(OC)c1O. The van der Waals surface area contributed by atoms with Crippen molar-refractivity contribution in [2.45, 2.75) is 6.42 Å². The van der Waals surface area contributed by atoms with E-state index in [2.05, 4.69) is 6.58 Å². The number of allylic oxidation sites excluding steroid dienone is 1. The van der Waals surface area contributed by atoms with E-state index in [-0.39, 0.29) is 11.8 Å². The van der Waals surface area contributed by atoms with Crippen molar-refractivity contribution in [3.63, 3.8) is 0 Å². The molecule has 1 rings (SSSR count). The lowest BCUT2D eigenvalue weighted by Gasteiger charge is -2.04. The van der Waals surface area contributed by atoms with Crippen LogP contribution in [0, 0.1) is 0 Å². The van der Waals surface area contributed by atoms with E-state index < -0.39 is 0 Å². The summed E-state index contributed by atoms with van der Waals surface area (Å²) in [7, 11) is 1.46. The van der Waals surface area contributed by atoms with Gasteiger partial charge in [-0.2, -0.15) is 0 Å². The third-order valence-corrected chi connectivity index (χ3v) is 1.54. The standard InChI is InChI=1S/C10H12O2/c1-3-4-8-5-6-9(11)10(7-8)12-2/h3,5-7,11H,1,4H2,2H3/i6D. The smallest absolute Gasteiger partial charge is 0.160 e. The van der Waals surface area contributed by atoms with Gasteiger partial charge in [0.1, 0.15) is 0 Å². The highest BCUT2D eigenvalue weighted by Crippen LogP contribution is 2.26. The van der Waals surface area contributed by atoms with Crippen molar-refractivity contribution in [2.75, 3.05) is 7.11 Å². The van der Waals surface area contributed by atoms with Gasteiger partial charge in [-0.1, -0.05) is 12.1 Å². The summed E-state index contributed by atoms with van der Waals surface area (Å²) in [6.45, 7) is 3.60. The topological polar surface area (TPSA) is 29.5 Å². The molecule has 12 heavy (non-hydrogen) atoms. The molecule has 0 fully saturated rings. The Morgan fingerprint density at radius 3 is 3.17 bits per heavy atom. The molecular formula is C10H12O2. The predicted molar refractivity (Wildman–Crippen MR) is 48.6 cm³/mol. The van der Waals surface area contributed by atoms with Crippen LogP contribution in [0.3, 0.4) is 0 Å². The maximum Gasteiger partial charge on any atom is 0.160 e. The molecule has 2 heteroatoms. The van der Waals surface area contributed by atoms with Gasteiger partial charge < -0.3 is 9.84 Å². The molecule has 0 atom stereocenters. The van der Waals surface area contributed by atoms with Crippen LogP contribution in [0.25, 0.3) is 0 Å². The zero-order valence-corrected chi connectivity index (χ0v) is 7.00. The monoisotopic (exact) mass is 165 g/mol. The van der Waals surface area contributed by atoms with E-state index in [0.29, 0.717) is 12.2 Å². The van der Waals surface area contributed by atoms with Crippen LogP contribution >= 0.6 is 0 Å². The van der Waals surface area contributed by atoms with E-state index >= 15 is 0 Å². The first-order valence-electron chi connectivity index (χ1n) is 4.16. The Morgan fingerprint density at radius 2 is 2.58 bits per heavy atom. The van der Waals surface area contributed by atoms with Gasteiger partial charge in [0.25, 0.3) is 0 Å². The number of hydrogen-bond acceptors (Lipinski definition) is 2. The van der Waals surface area contributed by atoms with Crippen molar-refractivity contribution >= 4 is 0 Å². The van der Waals surface area contributed by atoms with Crippen molar-refractivity contribution in [3.8, 4) is 11.5 Å². The third kappa shape index (κ3) is 1.78. The molecule has 0 radical (unpaired) electrons. The van der Waals surface area contributed by atoms with Crippen molar-refractivity contribution in [2.24, 2.45) is 0 Å². The Balaban J connectivity index is 3.13. The van der Waals surface area contributed by atoms with Crippen LogP contribution in [-0.4, -0.2) is 12.2 Å². The number of phenolic OH excluding ortho intramolecular Hbond substituents is 1. The maximum atomic E-state index is 9.35. The number of phenols is 1. The van der Waals surface area contributed by atoms with Gasteiger partial charge >= 0.3 is 0 Å². The minimum atomic E-state index is -0.115. The molecule has 0 aliphatic rings. The normalized spacial score (nSPS) is 10.6. The van der Waals surface area contributed by atoms with Crippen LogP contribution in [0.5, 0.6) is 11.5 Å². The number of benzene rings is 1. The van der Waals surface area contributed by atoms with Gasteiger partial charge in [0.15, 0.2) is 11.5 Å². The van der Waals surface area contributed by atoms with Gasteiger partial charge in [-0.3, -0.25) is 0 Å². The van der Waals surface area contributed by atoms with Gasteiger partial charge in [0.05, 0.1) is 8.48 Å². The first-order chi connectivity index (χ1) is 6.19. The minimum absolute atomic E-state index is 0.0798. The summed E-state index contributed by atoms with van der Waals surface area (Å²) in [4.78, 5) is 0. The molecule has 2 nitrogen and oxygen atoms in total. The second kappa shape index (κ2) is 3.81. The molecule has 0 aromatic heterocycles. The highest BCUT2D eigenvalue weighted by atomic mass is 16.5. The summed E-state index contributed by atoms with van der Waals surface area (Å²) in [6.07, 6.45) is 2.41. The lowest BCUT2D eigenvalue weighted by molar-refractivity contribution is 0.373. The number of aromatic hydroxyl groups is 1. The van der Waals surface area contributed by atoms with E-state index in [9.17, 15) is 5.11 Å². The third-order valence-electron chi connectivity index (χ3n) is 1.54. The van der Waals surface area contributed by atoms with E-state index in [0.717, 1.165) is 5.56 Å². The van der Waals surface area contributed by atoms with Crippen molar-refractivity contribution in [1.29, 1.82) is 0 Å². The van der Waals surface area contributed by atoms with E-state index in [1.165, 1.54) is 7.11 Å². The Morgan fingerprint density at radius 1 is 1.83 bits per heavy atom. The zero-order valence-electron chi connectivity index (χ0n) is 8.00. The molecule has 0 aliphatic heterocycles. The van der Waals surface area contributed by atoms with Gasteiger partial charge in [0, 0.05) is 0 Å². The van der Waals surface area contributed by atoms with Crippen molar-refractivity contribution in [1.82, 2.24) is 0 Å². The van der Waals surface area contributed by atoms with Crippen LogP contribution in [0.2, 0.25) is 0 Å². The summed E-state index contributed by atoms with van der Waals surface area (Å²) in [5, 5.41) is 9.35. The Kier molecular flexibility index (Phi) is 2.29. The summed E-state index contributed by atoms with van der Waals surface area (Å²) < 4.78 is 12.3. The number of hydrogen-bond donors (Lipinski definition) is 1. The van der Waals surface area contributed by atoms with Crippen LogP contribution in [0.4, 0.5) is 0 Å². The number of methoxy groups -OCH3 is 1. The van der Waals surface area contributed by atoms with Crippen LogP contribution in [0.15, 0.2) is 30.8 Å². The maximum absolute atomic E-state index is 9.35. The summed E-state index contributed by atoms with van der Waals surface area (Å²) in [5.41, 5.74) is 0.912. The molecule has 0 spiro atoms. The molecular weight excluding hydrogens is 152 g/mol. The first kappa shape index (κ1) is 7.22. The van der Waals surface area contributed by atoms with Crippen LogP contribution < -0.4 is 4.74 Å². The molecule has 0 bridgehead atoms.